The molecule has 0 aromatic heterocycles. The highest BCUT2D eigenvalue weighted by Crippen LogP contribution is 2.38. The van der Waals surface area contributed by atoms with Gasteiger partial charge in [0.25, 0.3) is 0 Å². The maximum Gasteiger partial charge on any atom is 0.161 e. The van der Waals surface area contributed by atoms with E-state index in [0.717, 1.165) is 36.8 Å². The van der Waals surface area contributed by atoms with Crippen LogP contribution in [-0.4, -0.2) is 10.2 Å². The molecule has 25 heavy (non-hydrogen) atoms. The summed E-state index contributed by atoms with van der Waals surface area (Å²) < 4.78 is 0. The minimum absolute atomic E-state index is 0.0407. The van der Waals surface area contributed by atoms with Crippen molar-refractivity contribution >= 4 is 11.6 Å². The molecule has 144 valence electrons. The molecule has 0 saturated carbocycles. The summed E-state index contributed by atoms with van der Waals surface area (Å²) in [4.78, 5) is 0. The van der Waals surface area contributed by atoms with Gasteiger partial charge < -0.3 is 10.2 Å². The first-order valence-corrected chi connectivity index (χ1v) is 10.7. The van der Waals surface area contributed by atoms with Crippen molar-refractivity contribution in [2.75, 3.05) is 0 Å². The molecule has 0 amide bonds. The monoisotopic (exact) mass is 368 g/mol. The number of hydrogen-bond donors (Lipinski definition) is 2. The lowest BCUT2D eigenvalue weighted by Crippen LogP contribution is -1.98. The van der Waals surface area contributed by atoms with Crippen LogP contribution in [0.1, 0.15) is 102 Å². The summed E-state index contributed by atoms with van der Waals surface area (Å²) in [5, 5.41) is 20.8. The Kier molecular flexibility index (Phi) is 11.8. The summed E-state index contributed by atoms with van der Waals surface area (Å²) in [6.45, 7) is 4.45. The maximum absolute atomic E-state index is 10.3. The first-order valence-electron chi connectivity index (χ1n) is 10.3. The van der Waals surface area contributed by atoms with Crippen molar-refractivity contribution in [3.63, 3.8) is 0 Å². The van der Waals surface area contributed by atoms with Crippen molar-refractivity contribution in [2.45, 2.75) is 104 Å². The number of hydrogen-bond acceptors (Lipinski definition) is 2. The Bertz CT molecular complexity index is 485. The van der Waals surface area contributed by atoms with E-state index in [9.17, 15) is 10.2 Å². The SMILES string of the molecule is CCCCCCCCc1c(Cl)cc(O)c(O)c1CCCCCCCC. The Hall–Kier alpha value is -0.890. The molecule has 0 aliphatic rings. The van der Waals surface area contributed by atoms with Crippen LogP contribution < -0.4 is 0 Å². The number of phenolic OH excluding ortho intramolecular Hbond substituents is 2. The molecule has 1 aromatic rings. The van der Waals surface area contributed by atoms with E-state index in [2.05, 4.69) is 13.8 Å². The molecule has 0 atom stereocenters. The standard InChI is InChI=1S/C22H37ClO2/c1-3-5-7-9-11-13-15-18-19(16-14-12-10-8-6-4-2)22(25)21(24)17-20(18)23/h17,24-25H,3-16H2,1-2H3. The van der Waals surface area contributed by atoms with Gasteiger partial charge in [0, 0.05) is 16.7 Å². The van der Waals surface area contributed by atoms with Gasteiger partial charge in [0.2, 0.25) is 0 Å². The number of unbranched alkanes of at least 4 members (excludes halogenated alkanes) is 10. The van der Waals surface area contributed by atoms with Gasteiger partial charge in [0.05, 0.1) is 0 Å². The highest BCUT2D eigenvalue weighted by molar-refractivity contribution is 6.31. The van der Waals surface area contributed by atoms with E-state index in [0.29, 0.717) is 5.02 Å². The van der Waals surface area contributed by atoms with Crippen LogP contribution in [-0.2, 0) is 12.8 Å². The van der Waals surface area contributed by atoms with Crippen molar-refractivity contribution < 1.29 is 10.2 Å². The van der Waals surface area contributed by atoms with Gasteiger partial charge in [-0.2, -0.15) is 0 Å². The van der Waals surface area contributed by atoms with E-state index < -0.39 is 0 Å². The van der Waals surface area contributed by atoms with Crippen molar-refractivity contribution in [2.24, 2.45) is 0 Å². The Labute approximate surface area is 159 Å². The van der Waals surface area contributed by atoms with Crippen LogP contribution in [0.4, 0.5) is 0 Å². The van der Waals surface area contributed by atoms with E-state index in [1.807, 2.05) is 0 Å². The lowest BCUT2D eigenvalue weighted by atomic mass is 9.95. The van der Waals surface area contributed by atoms with E-state index in [1.165, 1.54) is 70.3 Å². The fraction of sp³-hybridized carbons (Fsp3) is 0.727. The number of phenols is 2. The third kappa shape index (κ3) is 8.35. The van der Waals surface area contributed by atoms with Gasteiger partial charge in [-0.15, -0.1) is 0 Å². The molecule has 2 N–H and O–H groups in total. The molecule has 1 aromatic carbocycles. The van der Waals surface area contributed by atoms with Crippen molar-refractivity contribution in [1.29, 1.82) is 0 Å². The van der Waals surface area contributed by atoms with Crippen molar-refractivity contribution in [1.82, 2.24) is 0 Å². The largest absolute Gasteiger partial charge is 0.504 e. The van der Waals surface area contributed by atoms with Crippen LogP contribution in [0.3, 0.4) is 0 Å². The smallest absolute Gasteiger partial charge is 0.161 e. The van der Waals surface area contributed by atoms with E-state index in [-0.39, 0.29) is 11.5 Å². The second kappa shape index (κ2) is 13.3. The van der Waals surface area contributed by atoms with Crippen LogP contribution >= 0.6 is 11.6 Å². The molecule has 0 unspecified atom stereocenters. The second-order valence-electron chi connectivity index (χ2n) is 7.22. The minimum Gasteiger partial charge on any atom is -0.504 e. The quantitative estimate of drug-likeness (QED) is 0.262. The molecule has 3 heteroatoms. The molecule has 0 spiro atoms. The third-order valence-corrected chi connectivity index (χ3v) is 5.34. The molecule has 0 aliphatic carbocycles. The number of aromatic hydroxyl groups is 2. The summed E-state index contributed by atoms with van der Waals surface area (Å²) in [5.41, 5.74) is 1.91. The van der Waals surface area contributed by atoms with Gasteiger partial charge in [-0.25, -0.2) is 0 Å². The summed E-state index contributed by atoms with van der Waals surface area (Å²) in [5.74, 6) is -0.0448. The molecule has 0 saturated heterocycles. The topological polar surface area (TPSA) is 40.5 Å². The molecular weight excluding hydrogens is 332 g/mol. The summed E-state index contributed by atoms with van der Waals surface area (Å²) >= 11 is 6.38. The zero-order valence-electron chi connectivity index (χ0n) is 16.2. The molecular formula is C22H37ClO2. The second-order valence-corrected chi connectivity index (χ2v) is 7.63. The van der Waals surface area contributed by atoms with Gasteiger partial charge in [0.15, 0.2) is 11.5 Å². The molecule has 0 aliphatic heterocycles. The van der Waals surface area contributed by atoms with E-state index in [4.69, 9.17) is 11.6 Å². The van der Waals surface area contributed by atoms with Crippen LogP contribution in [0.25, 0.3) is 0 Å². The average molecular weight is 369 g/mol. The Morgan fingerprint density at radius 2 is 1.12 bits per heavy atom. The van der Waals surface area contributed by atoms with Gasteiger partial charge in [-0.3, -0.25) is 0 Å². The summed E-state index contributed by atoms with van der Waals surface area (Å²) in [6, 6.07) is 1.49. The Morgan fingerprint density at radius 3 is 1.64 bits per heavy atom. The van der Waals surface area contributed by atoms with Gasteiger partial charge >= 0.3 is 0 Å². The first-order chi connectivity index (χ1) is 12.1. The summed E-state index contributed by atoms with van der Waals surface area (Å²) in [6.07, 6.45) is 16.4. The predicted molar refractivity (Wildman–Crippen MR) is 109 cm³/mol. The number of halogens is 1. The van der Waals surface area contributed by atoms with Gasteiger partial charge in [-0.05, 0) is 31.2 Å². The normalized spacial score (nSPS) is 11.2. The molecule has 1 rings (SSSR count). The molecule has 0 heterocycles. The van der Waals surface area contributed by atoms with Crippen LogP contribution in [0.15, 0.2) is 6.07 Å². The lowest BCUT2D eigenvalue weighted by molar-refractivity contribution is 0.397. The van der Waals surface area contributed by atoms with Gasteiger partial charge in [0.1, 0.15) is 0 Å². The first kappa shape index (κ1) is 22.2. The van der Waals surface area contributed by atoms with Crippen molar-refractivity contribution in [3.8, 4) is 11.5 Å². The highest BCUT2D eigenvalue weighted by atomic mass is 35.5. The van der Waals surface area contributed by atoms with Crippen LogP contribution in [0.5, 0.6) is 11.5 Å². The molecule has 0 fully saturated rings. The average Bonchev–Trinajstić information content (AvgIpc) is 2.59. The van der Waals surface area contributed by atoms with Crippen LogP contribution in [0, 0.1) is 0 Å². The molecule has 0 bridgehead atoms. The zero-order valence-corrected chi connectivity index (χ0v) is 17.0. The minimum atomic E-state index is -0.0855. The molecule has 0 radical (unpaired) electrons. The Morgan fingerprint density at radius 1 is 0.680 bits per heavy atom. The fourth-order valence-corrected chi connectivity index (χ4v) is 3.73. The third-order valence-electron chi connectivity index (χ3n) is 5.01. The number of rotatable bonds is 14. The maximum atomic E-state index is 10.3. The van der Waals surface area contributed by atoms with E-state index in [1.54, 1.807) is 0 Å². The van der Waals surface area contributed by atoms with Crippen LogP contribution in [0.2, 0.25) is 5.02 Å². The predicted octanol–water partition coefficient (Wildman–Crippen LogP) is 7.56. The number of benzene rings is 1. The Balaban J connectivity index is 2.57. The van der Waals surface area contributed by atoms with E-state index >= 15 is 0 Å². The molecule has 2 nitrogen and oxygen atoms in total. The van der Waals surface area contributed by atoms with Gasteiger partial charge in [-0.1, -0.05) is 89.7 Å². The summed E-state index contributed by atoms with van der Waals surface area (Å²) in [7, 11) is 0. The fourth-order valence-electron chi connectivity index (χ4n) is 3.42. The zero-order chi connectivity index (χ0) is 18.5. The van der Waals surface area contributed by atoms with Crippen molar-refractivity contribution in [3.05, 3.63) is 22.2 Å². The highest BCUT2D eigenvalue weighted by Gasteiger charge is 2.16. The lowest BCUT2D eigenvalue weighted by Gasteiger charge is -2.15.